The van der Waals surface area contributed by atoms with Crippen molar-refractivity contribution in [1.29, 1.82) is 0 Å². The maximum absolute atomic E-state index is 11.3. The van der Waals surface area contributed by atoms with Gasteiger partial charge in [0.2, 0.25) is 0 Å². The Morgan fingerprint density at radius 3 is 2.44 bits per heavy atom. The number of hydrogen-bond donors (Lipinski definition) is 0. The van der Waals surface area contributed by atoms with Gasteiger partial charge in [0.1, 0.15) is 0 Å². The highest BCUT2D eigenvalue weighted by Gasteiger charge is 2.13. The number of ether oxygens (including phenoxy) is 1. The van der Waals surface area contributed by atoms with Crippen LogP contribution in [0.5, 0.6) is 0 Å². The minimum atomic E-state index is -0.131. The number of ketones is 1. The van der Waals surface area contributed by atoms with Gasteiger partial charge in [0.15, 0.2) is 5.78 Å². The van der Waals surface area contributed by atoms with Crippen LogP contribution in [0.1, 0.15) is 65.2 Å². The minimum absolute atomic E-state index is 0.131. The normalized spacial score (nSPS) is 13.7. The maximum atomic E-state index is 11.3. The minimum Gasteiger partial charge on any atom is -0.469 e. The number of rotatable bonds is 7. The Balaban J connectivity index is 0.00000137. The standard InChI is InChI=1S/C13H20O3.C2H6/c1-16-13(15)10-5-3-2-4-7-11-8-6-9-12(11)14;1-2/h8H,2-7,9-10H2,1H3;1-2H3. The molecule has 0 amide bonds. The van der Waals surface area contributed by atoms with Crippen molar-refractivity contribution in [1.82, 2.24) is 0 Å². The lowest BCUT2D eigenvalue weighted by Crippen LogP contribution is -1.99. The predicted molar refractivity (Wildman–Crippen MR) is 73.4 cm³/mol. The highest BCUT2D eigenvalue weighted by Crippen LogP contribution is 2.20. The van der Waals surface area contributed by atoms with Crippen molar-refractivity contribution in [3.8, 4) is 0 Å². The van der Waals surface area contributed by atoms with Gasteiger partial charge in [-0.15, -0.1) is 0 Å². The molecule has 1 aliphatic carbocycles. The van der Waals surface area contributed by atoms with E-state index in [2.05, 4.69) is 10.8 Å². The lowest BCUT2D eigenvalue weighted by atomic mass is 10.0. The lowest BCUT2D eigenvalue weighted by Gasteiger charge is -2.01. The SMILES string of the molecule is CC.COC(=O)CCCCCCC1=CCCC1=O. The molecule has 0 unspecified atom stereocenters. The van der Waals surface area contributed by atoms with Crippen molar-refractivity contribution in [2.75, 3.05) is 7.11 Å². The van der Waals surface area contributed by atoms with E-state index in [1.807, 2.05) is 13.8 Å². The molecule has 0 atom stereocenters. The van der Waals surface area contributed by atoms with Crippen LogP contribution in [0, 0.1) is 0 Å². The largest absolute Gasteiger partial charge is 0.469 e. The van der Waals surface area contributed by atoms with Crippen LogP contribution >= 0.6 is 0 Å². The number of unbranched alkanes of at least 4 members (excludes halogenated alkanes) is 3. The summed E-state index contributed by atoms with van der Waals surface area (Å²) < 4.78 is 4.56. The molecule has 0 fully saturated rings. The third-order valence-electron chi connectivity index (χ3n) is 2.92. The zero-order valence-electron chi connectivity index (χ0n) is 12.0. The van der Waals surface area contributed by atoms with E-state index in [4.69, 9.17) is 0 Å². The number of carbonyl (C=O) groups is 2. The van der Waals surface area contributed by atoms with E-state index in [9.17, 15) is 9.59 Å². The quantitative estimate of drug-likeness (QED) is 0.512. The topological polar surface area (TPSA) is 43.4 Å². The van der Waals surface area contributed by atoms with E-state index >= 15 is 0 Å². The molecule has 1 rings (SSSR count). The first-order chi connectivity index (χ1) is 8.74. The Hall–Kier alpha value is -1.12. The summed E-state index contributed by atoms with van der Waals surface area (Å²) in [7, 11) is 1.42. The second-order valence-corrected chi connectivity index (χ2v) is 4.18. The summed E-state index contributed by atoms with van der Waals surface area (Å²) in [6, 6.07) is 0. The summed E-state index contributed by atoms with van der Waals surface area (Å²) in [6.45, 7) is 4.00. The molecule has 0 spiro atoms. The number of hydrogen-bond acceptors (Lipinski definition) is 3. The first-order valence-corrected chi connectivity index (χ1v) is 7.03. The van der Waals surface area contributed by atoms with Gasteiger partial charge in [-0.1, -0.05) is 32.8 Å². The van der Waals surface area contributed by atoms with E-state index < -0.39 is 0 Å². The highest BCUT2D eigenvalue weighted by molar-refractivity contribution is 5.97. The third-order valence-corrected chi connectivity index (χ3v) is 2.92. The van der Waals surface area contributed by atoms with Crippen LogP contribution in [0.2, 0.25) is 0 Å². The van der Waals surface area contributed by atoms with Crippen LogP contribution in [0.25, 0.3) is 0 Å². The van der Waals surface area contributed by atoms with Gasteiger partial charge < -0.3 is 4.74 Å². The van der Waals surface area contributed by atoms with Gasteiger partial charge in [-0.3, -0.25) is 9.59 Å². The van der Waals surface area contributed by atoms with Crippen molar-refractivity contribution in [2.45, 2.75) is 65.2 Å². The van der Waals surface area contributed by atoms with E-state index in [1.165, 1.54) is 7.11 Å². The Morgan fingerprint density at radius 2 is 1.89 bits per heavy atom. The Labute approximate surface area is 111 Å². The Bertz CT molecular complexity index is 279. The summed E-state index contributed by atoms with van der Waals surface area (Å²) in [6.07, 6.45) is 9.19. The first kappa shape index (κ1) is 16.9. The number of esters is 1. The molecule has 3 heteroatoms. The predicted octanol–water partition coefficient (Wildman–Crippen LogP) is 3.82. The van der Waals surface area contributed by atoms with Crippen molar-refractivity contribution >= 4 is 11.8 Å². The first-order valence-electron chi connectivity index (χ1n) is 7.03. The monoisotopic (exact) mass is 254 g/mol. The van der Waals surface area contributed by atoms with E-state index in [-0.39, 0.29) is 5.97 Å². The van der Waals surface area contributed by atoms with Crippen molar-refractivity contribution in [3.05, 3.63) is 11.6 Å². The highest BCUT2D eigenvalue weighted by atomic mass is 16.5. The van der Waals surface area contributed by atoms with Gasteiger partial charge in [-0.05, 0) is 31.3 Å². The number of Topliss-reactive ketones (excluding diaryl/α,β-unsaturated/α-hetero) is 1. The van der Waals surface area contributed by atoms with Gasteiger partial charge in [0, 0.05) is 12.8 Å². The summed E-state index contributed by atoms with van der Waals surface area (Å²) in [5, 5.41) is 0. The number of allylic oxidation sites excluding steroid dienone is 2. The average Bonchev–Trinajstić information content (AvgIpc) is 2.81. The molecule has 0 aromatic heterocycles. The van der Waals surface area contributed by atoms with E-state index in [0.29, 0.717) is 18.6 Å². The molecular weight excluding hydrogens is 228 g/mol. The molecule has 0 radical (unpaired) electrons. The van der Waals surface area contributed by atoms with Crippen LogP contribution in [0.3, 0.4) is 0 Å². The van der Waals surface area contributed by atoms with Gasteiger partial charge in [-0.25, -0.2) is 0 Å². The van der Waals surface area contributed by atoms with Crippen LogP contribution < -0.4 is 0 Å². The Kier molecular flexibility index (Phi) is 10.3. The molecule has 104 valence electrons. The Morgan fingerprint density at radius 1 is 1.22 bits per heavy atom. The fourth-order valence-electron chi connectivity index (χ4n) is 1.93. The van der Waals surface area contributed by atoms with Gasteiger partial charge in [0.25, 0.3) is 0 Å². The third kappa shape index (κ3) is 7.25. The zero-order chi connectivity index (χ0) is 13.8. The molecule has 0 saturated carbocycles. The maximum Gasteiger partial charge on any atom is 0.305 e. The lowest BCUT2D eigenvalue weighted by molar-refractivity contribution is -0.140. The van der Waals surface area contributed by atoms with Gasteiger partial charge in [0.05, 0.1) is 7.11 Å². The molecule has 0 aliphatic heterocycles. The molecule has 1 aliphatic rings. The second kappa shape index (κ2) is 11.0. The fourth-order valence-corrected chi connectivity index (χ4v) is 1.93. The molecule has 0 bridgehead atoms. The number of carbonyl (C=O) groups excluding carboxylic acids is 2. The van der Waals surface area contributed by atoms with Crippen LogP contribution in [-0.4, -0.2) is 18.9 Å². The number of methoxy groups -OCH3 is 1. The van der Waals surface area contributed by atoms with E-state index in [1.54, 1.807) is 0 Å². The molecule has 3 nitrogen and oxygen atoms in total. The van der Waals surface area contributed by atoms with Crippen molar-refractivity contribution in [2.24, 2.45) is 0 Å². The molecule has 0 aromatic carbocycles. The summed E-state index contributed by atoms with van der Waals surface area (Å²) in [5.74, 6) is 0.197. The molecule has 0 N–H and O–H groups in total. The molecule has 0 heterocycles. The smallest absolute Gasteiger partial charge is 0.305 e. The van der Waals surface area contributed by atoms with E-state index in [0.717, 1.165) is 44.1 Å². The summed E-state index contributed by atoms with van der Waals surface area (Å²) in [4.78, 5) is 22.1. The second-order valence-electron chi connectivity index (χ2n) is 4.18. The average molecular weight is 254 g/mol. The summed E-state index contributed by atoms with van der Waals surface area (Å²) in [5.41, 5.74) is 1.02. The van der Waals surface area contributed by atoms with Gasteiger partial charge >= 0.3 is 5.97 Å². The van der Waals surface area contributed by atoms with Crippen LogP contribution in [0.4, 0.5) is 0 Å². The van der Waals surface area contributed by atoms with Crippen LogP contribution in [-0.2, 0) is 14.3 Å². The van der Waals surface area contributed by atoms with Crippen LogP contribution in [0.15, 0.2) is 11.6 Å². The van der Waals surface area contributed by atoms with Crippen molar-refractivity contribution < 1.29 is 14.3 Å². The molecule has 0 aromatic rings. The zero-order valence-corrected chi connectivity index (χ0v) is 12.0. The van der Waals surface area contributed by atoms with Crippen molar-refractivity contribution in [3.63, 3.8) is 0 Å². The molecule has 18 heavy (non-hydrogen) atoms. The summed E-state index contributed by atoms with van der Waals surface area (Å²) >= 11 is 0. The molecular formula is C15H26O3. The van der Waals surface area contributed by atoms with Gasteiger partial charge in [-0.2, -0.15) is 0 Å². The fraction of sp³-hybridized carbons (Fsp3) is 0.733. The molecule has 0 saturated heterocycles.